The Morgan fingerprint density at radius 1 is 1.04 bits per heavy atom. The first-order valence-electron chi connectivity index (χ1n) is 8.19. The summed E-state index contributed by atoms with van der Waals surface area (Å²) in [6.07, 6.45) is 1.58. The van der Waals surface area contributed by atoms with Gasteiger partial charge in [-0.05, 0) is 24.6 Å². The zero-order valence-electron chi connectivity index (χ0n) is 14.1. The lowest BCUT2D eigenvalue weighted by molar-refractivity contribution is 0.0692. The van der Waals surface area contributed by atoms with Gasteiger partial charge in [0.05, 0.1) is 5.75 Å². The van der Waals surface area contributed by atoms with E-state index in [4.69, 9.17) is 0 Å². The molecule has 7 heteroatoms. The van der Waals surface area contributed by atoms with Crippen LogP contribution in [0.25, 0.3) is 0 Å². The molecule has 1 aliphatic rings. The first-order valence-corrected chi connectivity index (χ1v) is 9.80. The van der Waals surface area contributed by atoms with Gasteiger partial charge in [-0.1, -0.05) is 35.9 Å². The molecular formula is C18H21N3O3S. The number of hydrogen-bond donors (Lipinski definition) is 0. The van der Waals surface area contributed by atoms with E-state index in [0.29, 0.717) is 31.9 Å². The number of piperazine rings is 1. The third kappa shape index (κ3) is 4.24. The van der Waals surface area contributed by atoms with Crippen LogP contribution in [0.1, 0.15) is 21.6 Å². The molecule has 0 aliphatic carbocycles. The smallest absolute Gasteiger partial charge is 0.272 e. The van der Waals surface area contributed by atoms with Crippen molar-refractivity contribution in [2.75, 3.05) is 26.2 Å². The SMILES string of the molecule is Cc1ccc(CS(=O)(=O)N2CCN(C(=O)c3ccccn3)CC2)cc1. The van der Waals surface area contributed by atoms with Crippen LogP contribution < -0.4 is 0 Å². The second-order valence-corrected chi connectivity index (χ2v) is 8.12. The van der Waals surface area contributed by atoms with Gasteiger partial charge < -0.3 is 4.90 Å². The van der Waals surface area contributed by atoms with Crippen molar-refractivity contribution in [3.8, 4) is 0 Å². The number of aryl methyl sites for hydroxylation is 1. The normalized spacial score (nSPS) is 16.0. The molecule has 1 aromatic heterocycles. The second kappa shape index (κ2) is 7.33. The van der Waals surface area contributed by atoms with Crippen molar-refractivity contribution in [2.45, 2.75) is 12.7 Å². The van der Waals surface area contributed by atoms with E-state index in [0.717, 1.165) is 11.1 Å². The lowest BCUT2D eigenvalue weighted by Gasteiger charge is -2.33. The first-order chi connectivity index (χ1) is 12.0. The molecule has 1 amide bonds. The maximum absolute atomic E-state index is 12.6. The molecular weight excluding hydrogens is 338 g/mol. The minimum Gasteiger partial charge on any atom is -0.335 e. The van der Waals surface area contributed by atoms with Gasteiger partial charge in [0.1, 0.15) is 5.69 Å². The van der Waals surface area contributed by atoms with Gasteiger partial charge in [0, 0.05) is 32.4 Å². The highest BCUT2D eigenvalue weighted by Gasteiger charge is 2.29. The topological polar surface area (TPSA) is 70.6 Å². The van der Waals surface area contributed by atoms with E-state index in [1.165, 1.54) is 4.31 Å². The van der Waals surface area contributed by atoms with Crippen LogP contribution in [0.15, 0.2) is 48.7 Å². The largest absolute Gasteiger partial charge is 0.335 e. The van der Waals surface area contributed by atoms with Crippen molar-refractivity contribution in [3.63, 3.8) is 0 Å². The molecule has 2 heterocycles. The van der Waals surface area contributed by atoms with Crippen molar-refractivity contribution in [1.29, 1.82) is 0 Å². The fourth-order valence-electron chi connectivity index (χ4n) is 2.81. The molecule has 1 fully saturated rings. The summed E-state index contributed by atoms with van der Waals surface area (Å²) in [5.74, 6) is -0.169. The standard InChI is InChI=1S/C18H21N3O3S/c1-15-5-7-16(8-6-15)14-25(23,24)21-12-10-20(11-13-21)18(22)17-4-2-3-9-19-17/h2-9H,10-14H2,1H3. The molecule has 0 atom stereocenters. The van der Waals surface area contributed by atoms with E-state index in [-0.39, 0.29) is 11.7 Å². The number of pyridine rings is 1. The predicted octanol–water partition coefficient (Wildman–Crippen LogP) is 1.68. The fraction of sp³-hybridized carbons (Fsp3) is 0.333. The number of aromatic nitrogens is 1. The zero-order valence-corrected chi connectivity index (χ0v) is 14.9. The molecule has 1 aromatic carbocycles. The molecule has 0 radical (unpaired) electrons. The number of benzene rings is 1. The quantitative estimate of drug-likeness (QED) is 0.833. The summed E-state index contributed by atoms with van der Waals surface area (Å²) in [5, 5.41) is 0. The highest BCUT2D eigenvalue weighted by atomic mass is 32.2. The average molecular weight is 359 g/mol. The van der Waals surface area contributed by atoms with Crippen molar-refractivity contribution in [2.24, 2.45) is 0 Å². The Bertz CT molecular complexity index is 828. The Balaban J connectivity index is 1.61. The zero-order chi connectivity index (χ0) is 17.9. The number of amides is 1. The predicted molar refractivity (Wildman–Crippen MR) is 95.5 cm³/mol. The van der Waals surface area contributed by atoms with Crippen LogP contribution in [-0.4, -0.2) is 54.7 Å². The Morgan fingerprint density at radius 2 is 1.72 bits per heavy atom. The van der Waals surface area contributed by atoms with E-state index < -0.39 is 10.0 Å². The molecule has 0 bridgehead atoms. The maximum Gasteiger partial charge on any atom is 0.272 e. The monoisotopic (exact) mass is 359 g/mol. The summed E-state index contributed by atoms with van der Waals surface area (Å²) in [6.45, 7) is 3.35. The van der Waals surface area contributed by atoms with Gasteiger partial charge in [0.15, 0.2) is 0 Å². The minimum absolute atomic E-state index is 0.0124. The third-order valence-corrected chi connectivity index (χ3v) is 6.12. The van der Waals surface area contributed by atoms with Gasteiger partial charge in [-0.25, -0.2) is 8.42 Å². The number of sulfonamides is 1. The molecule has 0 unspecified atom stereocenters. The molecule has 6 nitrogen and oxygen atoms in total. The van der Waals surface area contributed by atoms with Gasteiger partial charge in [-0.15, -0.1) is 0 Å². The van der Waals surface area contributed by atoms with Gasteiger partial charge in [-0.2, -0.15) is 4.31 Å². The summed E-state index contributed by atoms with van der Waals surface area (Å²) in [6, 6.07) is 12.7. The summed E-state index contributed by atoms with van der Waals surface area (Å²) >= 11 is 0. The maximum atomic E-state index is 12.6. The molecule has 1 saturated heterocycles. The molecule has 0 spiro atoms. The Hall–Kier alpha value is -2.25. The van der Waals surface area contributed by atoms with E-state index in [1.807, 2.05) is 31.2 Å². The number of carbonyl (C=O) groups is 1. The van der Waals surface area contributed by atoms with Crippen LogP contribution in [0.4, 0.5) is 0 Å². The van der Waals surface area contributed by atoms with Crippen LogP contribution in [-0.2, 0) is 15.8 Å². The van der Waals surface area contributed by atoms with E-state index in [9.17, 15) is 13.2 Å². The Labute approximate surface area is 148 Å². The summed E-state index contributed by atoms with van der Waals surface area (Å²) in [7, 11) is -3.38. The Kier molecular flexibility index (Phi) is 5.15. The Morgan fingerprint density at radius 3 is 2.32 bits per heavy atom. The number of carbonyl (C=O) groups excluding carboxylic acids is 1. The lowest BCUT2D eigenvalue weighted by atomic mass is 10.2. The van der Waals surface area contributed by atoms with Crippen LogP contribution in [0, 0.1) is 6.92 Å². The van der Waals surface area contributed by atoms with Crippen molar-refractivity contribution in [1.82, 2.24) is 14.2 Å². The molecule has 1 aliphatic heterocycles. The van der Waals surface area contributed by atoms with E-state index in [2.05, 4.69) is 4.98 Å². The highest BCUT2D eigenvalue weighted by Crippen LogP contribution is 2.15. The summed E-state index contributed by atoms with van der Waals surface area (Å²) in [4.78, 5) is 18.1. The fourth-order valence-corrected chi connectivity index (χ4v) is 4.32. The van der Waals surface area contributed by atoms with Crippen LogP contribution in [0.5, 0.6) is 0 Å². The first kappa shape index (κ1) is 17.6. The van der Waals surface area contributed by atoms with Gasteiger partial charge >= 0.3 is 0 Å². The van der Waals surface area contributed by atoms with Gasteiger partial charge in [0.2, 0.25) is 10.0 Å². The minimum atomic E-state index is -3.38. The number of nitrogens with zero attached hydrogens (tertiary/aromatic N) is 3. The summed E-state index contributed by atoms with van der Waals surface area (Å²) < 4.78 is 26.7. The van der Waals surface area contributed by atoms with E-state index in [1.54, 1.807) is 29.3 Å². The lowest BCUT2D eigenvalue weighted by Crippen LogP contribution is -2.50. The van der Waals surface area contributed by atoms with Crippen LogP contribution in [0.2, 0.25) is 0 Å². The molecule has 3 rings (SSSR count). The molecule has 2 aromatic rings. The van der Waals surface area contributed by atoms with Crippen molar-refractivity contribution >= 4 is 15.9 Å². The van der Waals surface area contributed by atoms with E-state index >= 15 is 0 Å². The van der Waals surface area contributed by atoms with Crippen LogP contribution >= 0.6 is 0 Å². The van der Waals surface area contributed by atoms with Crippen molar-refractivity contribution in [3.05, 3.63) is 65.5 Å². The van der Waals surface area contributed by atoms with Gasteiger partial charge in [-0.3, -0.25) is 9.78 Å². The number of rotatable bonds is 4. The second-order valence-electron chi connectivity index (χ2n) is 6.15. The number of hydrogen-bond acceptors (Lipinski definition) is 4. The van der Waals surface area contributed by atoms with Gasteiger partial charge in [0.25, 0.3) is 5.91 Å². The van der Waals surface area contributed by atoms with Crippen molar-refractivity contribution < 1.29 is 13.2 Å². The average Bonchev–Trinajstić information content (AvgIpc) is 2.64. The summed E-state index contributed by atoms with van der Waals surface area (Å²) in [5.41, 5.74) is 2.26. The van der Waals surface area contributed by atoms with Crippen LogP contribution in [0.3, 0.4) is 0 Å². The third-order valence-electron chi connectivity index (χ3n) is 4.27. The highest BCUT2D eigenvalue weighted by molar-refractivity contribution is 7.88. The molecule has 25 heavy (non-hydrogen) atoms. The molecule has 132 valence electrons. The molecule has 0 N–H and O–H groups in total. The molecule has 0 saturated carbocycles.